The van der Waals surface area contributed by atoms with Crippen molar-refractivity contribution in [2.75, 3.05) is 0 Å². The summed E-state index contributed by atoms with van der Waals surface area (Å²) >= 11 is 0. The average Bonchev–Trinajstić information content (AvgIpc) is 2.96. The third kappa shape index (κ3) is 2.08. The van der Waals surface area contributed by atoms with Gasteiger partial charge in [-0.05, 0) is 22.1 Å². The average molecular weight is 281 g/mol. The number of rotatable bonds is 3. The summed E-state index contributed by atoms with van der Waals surface area (Å²) in [5.41, 5.74) is 2.35. The van der Waals surface area contributed by atoms with Gasteiger partial charge in [-0.3, -0.25) is 10.1 Å². The molecule has 1 heterocycles. The molecule has 2 aromatic carbocycles. The van der Waals surface area contributed by atoms with E-state index in [2.05, 4.69) is 24.3 Å². The molecule has 20 heavy (non-hydrogen) atoms. The quantitative estimate of drug-likeness (QED) is 0.492. The number of hydrogen-bond acceptors (Lipinski definition) is 2. The van der Waals surface area contributed by atoms with Crippen LogP contribution in [0.15, 0.2) is 72.1 Å². The maximum atomic E-state index is 11.1. The number of nitro groups is 1. The number of hydrogen-bond donors (Lipinski definition) is 0. The summed E-state index contributed by atoms with van der Waals surface area (Å²) in [4.78, 5) is 10.9. The molecule has 0 saturated heterocycles. The van der Waals surface area contributed by atoms with Crippen LogP contribution in [0.25, 0.3) is 0 Å². The first-order valence-electron chi connectivity index (χ1n) is 6.69. The van der Waals surface area contributed by atoms with Gasteiger partial charge < -0.3 is 0 Å². The van der Waals surface area contributed by atoms with Crippen LogP contribution < -0.4 is 10.4 Å². The van der Waals surface area contributed by atoms with Gasteiger partial charge in [0.2, 0.25) is 5.70 Å². The highest BCUT2D eigenvalue weighted by molar-refractivity contribution is 7.06. The topological polar surface area (TPSA) is 43.1 Å². The zero-order chi connectivity index (χ0) is 14.0. The molecule has 3 rings (SSSR count). The summed E-state index contributed by atoms with van der Waals surface area (Å²) in [5.74, 6) is 0. The summed E-state index contributed by atoms with van der Waals surface area (Å²) in [6.45, 7) is 0. The molecule has 0 unspecified atom stereocenters. The van der Waals surface area contributed by atoms with Gasteiger partial charge in [0.25, 0.3) is 0 Å². The van der Waals surface area contributed by atoms with E-state index in [1.807, 2.05) is 42.1 Å². The van der Waals surface area contributed by atoms with E-state index >= 15 is 0 Å². The van der Waals surface area contributed by atoms with Crippen LogP contribution in [-0.2, 0) is 0 Å². The highest BCUT2D eigenvalue weighted by atomic mass is 28.3. The van der Waals surface area contributed by atoms with Gasteiger partial charge in [-0.25, -0.2) is 0 Å². The lowest BCUT2D eigenvalue weighted by Gasteiger charge is -2.25. The van der Waals surface area contributed by atoms with E-state index in [9.17, 15) is 10.1 Å². The fourth-order valence-electron chi connectivity index (χ4n) is 2.99. The van der Waals surface area contributed by atoms with E-state index in [1.54, 1.807) is 0 Å². The monoisotopic (exact) mass is 281 g/mol. The molecule has 0 N–H and O–H groups in total. The molecule has 0 aromatic heterocycles. The van der Waals surface area contributed by atoms with Gasteiger partial charge >= 0.3 is 0 Å². The molecule has 0 fully saturated rings. The van der Waals surface area contributed by atoms with E-state index < -0.39 is 8.07 Å². The number of allylic oxidation sites excluding steroid dienone is 1. The molecule has 0 bridgehead atoms. The second-order valence-electron chi connectivity index (χ2n) is 5.10. The van der Waals surface area contributed by atoms with Crippen LogP contribution in [0.4, 0.5) is 0 Å². The molecule has 0 spiro atoms. The Morgan fingerprint density at radius 3 is 1.80 bits per heavy atom. The Morgan fingerprint density at radius 2 is 1.40 bits per heavy atom. The normalized spacial score (nSPS) is 16.7. The summed E-state index contributed by atoms with van der Waals surface area (Å²) in [6.07, 6.45) is 0.572. The van der Waals surface area contributed by atoms with Crippen molar-refractivity contribution in [3.63, 3.8) is 0 Å². The Balaban J connectivity index is 2.18. The van der Waals surface area contributed by atoms with Crippen LogP contribution in [0.5, 0.6) is 0 Å². The van der Waals surface area contributed by atoms with Crippen molar-refractivity contribution in [3.05, 3.63) is 82.2 Å². The second kappa shape index (κ2) is 5.05. The zero-order valence-electron chi connectivity index (χ0n) is 11.0. The summed E-state index contributed by atoms with van der Waals surface area (Å²) in [6, 6.07) is 21.4. The van der Waals surface area contributed by atoms with Crippen LogP contribution >= 0.6 is 0 Å². The Hall–Kier alpha value is -2.20. The fourth-order valence-corrected chi connectivity index (χ4v) is 7.42. The Morgan fingerprint density at radius 1 is 0.900 bits per heavy atom. The molecule has 4 heteroatoms. The van der Waals surface area contributed by atoms with Gasteiger partial charge in [0.1, 0.15) is 8.07 Å². The standard InChI is InChI=1S/C16H15NO2Si/c18-17(19)14-11-12-20(13-14,15-7-3-1-4-8-15)16-9-5-2-6-10-16/h1-10,13H,11-12H2. The predicted molar refractivity (Wildman–Crippen MR) is 82.4 cm³/mol. The Kier molecular flexibility index (Phi) is 3.24. The molecular weight excluding hydrogens is 266 g/mol. The third-order valence-electron chi connectivity index (χ3n) is 4.00. The minimum Gasteiger partial charge on any atom is -0.259 e. The maximum absolute atomic E-state index is 11.1. The summed E-state index contributed by atoms with van der Waals surface area (Å²) in [7, 11) is -2.11. The Labute approximate surface area is 118 Å². The van der Waals surface area contributed by atoms with Gasteiger partial charge in [-0.15, -0.1) is 0 Å². The van der Waals surface area contributed by atoms with Crippen molar-refractivity contribution in [1.29, 1.82) is 0 Å². The van der Waals surface area contributed by atoms with E-state index in [-0.39, 0.29) is 4.92 Å². The lowest BCUT2D eigenvalue weighted by Crippen LogP contribution is -2.55. The van der Waals surface area contributed by atoms with Crippen LogP contribution in [-0.4, -0.2) is 13.0 Å². The van der Waals surface area contributed by atoms with Crippen molar-refractivity contribution < 1.29 is 4.92 Å². The van der Waals surface area contributed by atoms with Crippen LogP contribution in [0.2, 0.25) is 6.04 Å². The first-order valence-corrected chi connectivity index (χ1v) is 8.98. The molecule has 0 saturated carbocycles. The first kappa shape index (κ1) is 12.8. The molecule has 2 aromatic rings. The van der Waals surface area contributed by atoms with Crippen molar-refractivity contribution in [3.8, 4) is 0 Å². The van der Waals surface area contributed by atoms with Gasteiger partial charge in [0.05, 0.1) is 4.92 Å². The molecule has 100 valence electrons. The summed E-state index contributed by atoms with van der Waals surface area (Å²) < 4.78 is 0. The minimum atomic E-state index is -2.11. The van der Waals surface area contributed by atoms with E-state index in [1.165, 1.54) is 10.4 Å². The van der Waals surface area contributed by atoms with Crippen LogP contribution in [0, 0.1) is 10.1 Å². The molecule has 0 atom stereocenters. The van der Waals surface area contributed by atoms with Gasteiger partial charge in [0, 0.05) is 6.42 Å². The molecule has 0 radical (unpaired) electrons. The van der Waals surface area contributed by atoms with E-state index in [0.29, 0.717) is 12.1 Å². The largest absolute Gasteiger partial charge is 0.259 e. The predicted octanol–water partition coefficient (Wildman–Crippen LogP) is 2.35. The van der Waals surface area contributed by atoms with Crippen molar-refractivity contribution in [2.24, 2.45) is 0 Å². The molecule has 3 nitrogen and oxygen atoms in total. The van der Waals surface area contributed by atoms with Crippen LogP contribution in [0.3, 0.4) is 0 Å². The SMILES string of the molecule is O=[N+]([O-])C1=C[Si](c2ccccc2)(c2ccccc2)CC1. The fraction of sp³-hybridized carbons (Fsp3) is 0.125. The summed E-state index contributed by atoms with van der Waals surface area (Å²) in [5, 5.41) is 13.6. The lowest BCUT2D eigenvalue weighted by atomic mass is 10.4. The molecular formula is C16H15NO2Si. The smallest absolute Gasteiger partial charge is 0.238 e. The molecule has 1 aliphatic heterocycles. The zero-order valence-corrected chi connectivity index (χ0v) is 12.0. The third-order valence-corrected chi connectivity index (χ3v) is 8.59. The maximum Gasteiger partial charge on any atom is 0.238 e. The van der Waals surface area contributed by atoms with Crippen molar-refractivity contribution >= 4 is 18.4 Å². The second-order valence-corrected chi connectivity index (χ2v) is 8.98. The van der Waals surface area contributed by atoms with Crippen LogP contribution in [0.1, 0.15) is 6.42 Å². The van der Waals surface area contributed by atoms with Crippen molar-refractivity contribution in [1.82, 2.24) is 0 Å². The van der Waals surface area contributed by atoms with Gasteiger partial charge in [-0.1, -0.05) is 60.7 Å². The van der Waals surface area contributed by atoms with Gasteiger partial charge in [0.15, 0.2) is 0 Å². The first-order chi connectivity index (χ1) is 9.72. The Bertz CT molecular complexity index is 613. The minimum absolute atomic E-state index is 0.222. The number of nitrogens with zero attached hydrogens (tertiary/aromatic N) is 1. The highest BCUT2D eigenvalue weighted by Crippen LogP contribution is 2.27. The van der Waals surface area contributed by atoms with E-state index in [4.69, 9.17) is 0 Å². The number of benzene rings is 2. The van der Waals surface area contributed by atoms with Crippen molar-refractivity contribution in [2.45, 2.75) is 12.5 Å². The van der Waals surface area contributed by atoms with E-state index in [0.717, 1.165) is 6.04 Å². The van der Waals surface area contributed by atoms with Gasteiger partial charge in [-0.2, -0.15) is 0 Å². The highest BCUT2D eigenvalue weighted by Gasteiger charge is 2.42. The molecule has 0 aliphatic carbocycles. The molecule has 1 aliphatic rings. The lowest BCUT2D eigenvalue weighted by molar-refractivity contribution is -0.426. The molecule has 0 amide bonds.